The number of aliphatic carboxylic acids is 1. The summed E-state index contributed by atoms with van der Waals surface area (Å²) in [5.74, 6) is -3.44. The molecule has 0 bridgehead atoms. The Bertz CT molecular complexity index is 1450. The molecule has 1 aliphatic rings. The van der Waals surface area contributed by atoms with Gasteiger partial charge in [-0.3, -0.25) is 9.78 Å². The van der Waals surface area contributed by atoms with Crippen molar-refractivity contribution in [1.82, 2.24) is 9.88 Å². The molecule has 1 N–H and O–H groups in total. The number of halogens is 8. The number of hydrogen-bond acceptors (Lipinski definition) is 4. The summed E-state index contributed by atoms with van der Waals surface area (Å²) in [5, 5.41) is 7.91. The number of carboxylic acids is 1. The van der Waals surface area contributed by atoms with Gasteiger partial charge in [0.25, 0.3) is 5.91 Å². The first kappa shape index (κ1) is 29.6. The Morgan fingerprint density at radius 3 is 2.00 bits per heavy atom. The summed E-state index contributed by atoms with van der Waals surface area (Å²) in [6, 6.07) is 9.95. The van der Waals surface area contributed by atoms with E-state index >= 15 is 0 Å². The van der Waals surface area contributed by atoms with Crippen molar-refractivity contribution >= 4 is 44.7 Å². The minimum absolute atomic E-state index is 0.0423. The number of fused-ring (bicyclic) bond motifs is 1. The number of benzene rings is 2. The largest absolute Gasteiger partial charge is 0.490 e. The molecule has 2 heterocycles. The third-order valence-electron chi connectivity index (χ3n) is 5.67. The second kappa shape index (κ2) is 8.79. The molecular weight excluding hydrogens is 566 g/mol. The van der Waals surface area contributed by atoms with E-state index in [0.717, 1.165) is 10.9 Å². The number of amides is 3. The highest BCUT2D eigenvalue weighted by Gasteiger charge is 2.65. The molecule has 1 saturated heterocycles. The number of aromatic nitrogens is 1. The van der Waals surface area contributed by atoms with Crippen LogP contribution in [0.4, 0.5) is 43.1 Å². The molecule has 16 heteroatoms. The predicted molar refractivity (Wildman–Crippen MR) is 126 cm³/mol. The smallest absolute Gasteiger partial charge is 0.475 e. The number of alkyl halides is 3. The fourth-order valence-corrected chi connectivity index (χ4v) is 4.29. The van der Waals surface area contributed by atoms with Gasteiger partial charge in [-0.2, -0.15) is 13.2 Å². The van der Waals surface area contributed by atoms with Gasteiger partial charge >= 0.3 is 28.4 Å². The van der Waals surface area contributed by atoms with E-state index < -0.39 is 44.7 Å². The van der Waals surface area contributed by atoms with Gasteiger partial charge in [-0.15, -0.1) is 0 Å². The summed E-state index contributed by atoms with van der Waals surface area (Å²) < 4.78 is 96.8. The second-order valence-electron chi connectivity index (χ2n) is 8.82. The first-order chi connectivity index (χ1) is 17.5. The van der Waals surface area contributed by atoms with Gasteiger partial charge in [0, 0.05) is 18.1 Å². The summed E-state index contributed by atoms with van der Waals surface area (Å²) in [4.78, 5) is 39.2. The Kier molecular flexibility index (Phi) is 6.67. The van der Waals surface area contributed by atoms with Crippen molar-refractivity contribution in [1.29, 1.82) is 0 Å². The molecule has 0 atom stereocenters. The monoisotopic (exact) mass is 585 g/mol. The molecule has 39 heavy (non-hydrogen) atoms. The number of pyridine rings is 1. The summed E-state index contributed by atoms with van der Waals surface area (Å²) in [7, 11) is -9.87. The van der Waals surface area contributed by atoms with Crippen LogP contribution in [-0.2, 0) is 16.1 Å². The Labute approximate surface area is 215 Å². The number of carbonyl (C=O) groups excluding carboxylic acids is 2. The highest BCUT2D eigenvalue weighted by molar-refractivity contribution is 8.45. The van der Waals surface area contributed by atoms with E-state index in [1.165, 1.54) is 18.7 Å². The van der Waals surface area contributed by atoms with Gasteiger partial charge in [0.05, 0.1) is 11.2 Å². The maximum Gasteiger partial charge on any atom is 0.490 e. The van der Waals surface area contributed by atoms with Crippen LogP contribution in [0.1, 0.15) is 19.4 Å². The van der Waals surface area contributed by atoms with Crippen molar-refractivity contribution in [2.24, 2.45) is 0 Å². The van der Waals surface area contributed by atoms with Crippen molar-refractivity contribution < 1.29 is 52.1 Å². The molecule has 3 amide bonds. The molecule has 0 aliphatic carbocycles. The van der Waals surface area contributed by atoms with E-state index in [4.69, 9.17) is 9.90 Å². The fourth-order valence-electron chi connectivity index (χ4n) is 3.64. The summed E-state index contributed by atoms with van der Waals surface area (Å²) in [5.41, 5.74) is -0.117. The number of anilines is 1. The molecule has 1 aliphatic heterocycles. The highest BCUT2D eigenvalue weighted by atomic mass is 32.5. The van der Waals surface area contributed by atoms with Crippen LogP contribution in [0.25, 0.3) is 10.9 Å². The van der Waals surface area contributed by atoms with Gasteiger partial charge in [-0.05, 0) is 55.8 Å². The molecular formula is C23H19F8N3O4S. The van der Waals surface area contributed by atoms with Crippen LogP contribution in [0, 0.1) is 0 Å². The number of hydrogen-bond donors (Lipinski definition) is 1. The Morgan fingerprint density at radius 1 is 0.949 bits per heavy atom. The number of imide groups is 1. The first-order valence-corrected chi connectivity index (χ1v) is 12.6. The summed E-state index contributed by atoms with van der Waals surface area (Å²) >= 11 is 0. The van der Waals surface area contributed by atoms with Crippen LogP contribution in [0.3, 0.4) is 0 Å². The number of carbonyl (C=O) groups is 3. The van der Waals surface area contributed by atoms with Gasteiger partial charge < -0.3 is 10.0 Å². The third kappa shape index (κ3) is 6.21. The lowest BCUT2D eigenvalue weighted by atomic mass is 10.0. The number of urea groups is 1. The van der Waals surface area contributed by atoms with Gasteiger partial charge in [-0.25, -0.2) is 14.5 Å². The molecule has 7 nitrogen and oxygen atoms in total. The van der Waals surface area contributed by atoms with E-state index in [-0.39, 0.29) is 24.4 Å². The van der Waals surface area contributed by atoms with Crippen LogP contribution in [-0.4, -0.2) is 44.6 Å². The van der Waals surface area contributed by atoms with Crippen molar-refractivity contribution in [2.45, 2.75) is 37.0 Å². The van der Waals surface area contributed by atoms with Crippen LogP contribution in [0.5, 0.6) is 0 Å². The average Bonchev–Trinajstić information content (AvgIpc) is 2.97. The molecule has 0 radical (unpaired) electrons. The third-order valence-corrected chi connectivity index (χ3v) is 6.84. The highest BCUT2D eigenvalue weighted by Crippen LogP contribution is 3.02. The van der Waals surface area contributed by atoms with E-state index in [2.05, 4.69) is 4.98 Å². The van der Waals surface area contributed by atoms with Gasteiger partial charge in [0.2, 0.25) is 0 Å². The van der Waals surface area contributed by atoms with E-state index in [0.29, 0.717) is 22.5 Å². The summed E-state index contributed by atoms with van der Waals surface area (Å²) in [6.45, 7) is 3.07. The van der Waals surface area contributed by atoms with Crippen LogP contribution >= 0.6 is 10.2 Å². The number of nitrogens with zero attached hydrogens (tertiary/aromatic N) is 3. The quantitative estimate of drug-likeness (QED) is 0.257. The number of carboxylic acid groups (broad SMARTS) is 1. The fraction of sp³-hybridized carbons (Fsp3) is 0.217. The SMILES string of the molecule is CC1(C)C(=O)N(c2ccc(S(F)(F)(F)(F)F)cc2)C(=O)N1Cc1ccnc2ccccc12.O=C(O)C(F)(F)F. The van der Waals surface area contributed by atoms with Crippen molar-refractivity contribution in [3.63, 3.8) is 0 Å². The van der Waals surface area contributed by atoms with Gasteiger partial charge in [0.1, 0.15) is 10.4 Å². The second-order valence-corrected chi connectivity index (χ2v) is 11.2. The zero-order valence-corrected chi connectivity index (χ0v) is 20.7. The molecule has 0 unspecified atom stereocenters. The summed E-state index contributed by atoms with van der Waals surface area (Å²) in [6.07, 6.45) is -3.51. The molecule has 0 spiro atoms. The minimum atomic E-state index is -9.87. The van der Waals surface area contributed by atoms with Crippen LogP contribution < -0.4 is 4.90 Å². The lowest BCUT2D eigenvalue weighted by molar-refractivity contribution is -0.192. The minimum Gasteiger partial charge on any atom is -0.475 e. The van der Waals surface area contributed by atoms with Crippen molar-refractivity contribution in [3.8, 4) is 0 Å². The Morgan fingerprint density at radius 2 is 1.49 bits per heavy atom. The topological polar surface area (TPSA) is 90.8 Å². The Balaban J connectivity index is 0.000000532. The molecule has 2 aromatic carbocycles. The normalized spacial score (nSPS) is 17.4. The van der Waals surface area contributed by atoms with Gasteiger partial charge in [0.15, 0.2) is 0 Å². The number of rotatable bonds is 4. The Hall–Kier alpha value is -3.95. The zero-order valence-electron chi connectivity index (χ0n) is 19.9. The lowest BCUT2D eigenvalue weighted by Crippen LogP contribution is -2.43. The molecule has 0 saturated carbocycles. The zero-order chi connectivity index (χ0) is 29.7. The molecule has 212 valence electrons. The van der Waals surface area contributed by atoms with Crippen LogP contribution in [0.15, 0.2) is 65.7 Å². The standard InChI is InChI=1S/C21H18F5N3O2S.C2HF3O2/c1-21(2)19(30)29(15-7-9-16(10-8-15)32(22,23,24,25)26)20(31)28(21)13-14-11-12-27-18-6-4-3-5-17(14)18;3-2(4,5)1(6)7/h3-12H,13H2,1-2H3;(H,6,7). The lowest BCUT2D eigenvalue weighted by Gasteiger charge is -2.40. The maximum absolute atomic E-state index is 13.1. The van der Waals surface area contributed by atoms with E-state index in [9.17, 15) is 42.2 Å². The average molecular weight is 585 g/mol. The van der Waals surface area contributed by atoms with Crippen molar-refractivity contribution in [2.75, 3.05) is 4.90 Å². The van der Waals surface area contributed by atoms with Crippen molar-refractivity contribution in [3.05, 3.63) is 66.4 Å². The first-order valence-electron chi connectivity index (χ1n) is 10.7. The molecule has 1 fully saturated rings. The predicted octanol–water partition coefficient (Wildman–Crippen LogP) is 7.27. The van der Waals surface area contributed by atoms with Gasteiger partial charge in [-0.1, -0.05) is 37.6 Å². The molecule has 4 rings (SSSR count). The molecule has 1 aromatic heterocycles. The number of para-hydroxylation sites is 1. The van der Waals surface area contributed by atoms with Crippen LogP contribution in [0.2, 0.25) is 0 Å². The maximum atomic E-state index is 13.1. The van der Waals surface area contributed by atoms with E-state index in [1.54, 1.807) is 18.3 Å². The van der Waals surface area contributed by atoms with E-state index in [1.807, 2.05) is 18.2 Å². The molecule has 3 aromatic rings.